The summed E-state index contributed by atoms with van der Waals surface area (Å²) in [4.78, 5) is 11.9. The van der Waals surface area contributed by atoms with Gasteiger partial charge in [0.2, 0.25) is 0 Å². The Morgan fingerprint density at radius 1 is 1.20 bits per heavy atom. The Morgan fingerprint density at radius 2 is 1.75 bits per heavy atom. The van der Waals surface area contributed by atoms with Crippen LogP contribution >= 0.6 is 11.6 Å². The van der Waals surface area contributed by atoms with Crippen LogP contribution < -0.4 is 10.6 Å². The molecule has 0 amide bonds. The van der Waals surface area contributed by atoms with E-state index in [9.17, 15) is 18.0 Å². The highest BCUT2D eigenvalue weighted by Gasteiger charge is 2.55. The van der Waals surface area contributed by atoms with Gasteiger partial charge in [0.25, 0.3) is 0 Å². The SMILES string of the molecule is O=C(CCC1(C(F)(F)F)NCCN1)c1ccc(Cl)cc1. The second-order valence-electron chi connectivity index (χ2n) is 4.69. The highest BCUT2D eigenvalue weighted by atomic mass is 35.5. The van der Waals surface area contributed by atoms with Gasteiger partial charge >= 0.3 is 6.18 Å². The number of hydrogen-bond acceptors (Lipinski definition) is 3. The maximum Gasteiger partial charge on any atom is 0.419 e. The number of nitrogens with one attached hydrogen (secondary N) is 2. The van der Waals surface area contributed by atoms with Crippen LogP contribution in [0.25, 0.3) is 0 Å². The van der Waals surface area contributed by atoms with Crippen molar-refractivity contribution in [3.05, 3.63) is 34.9 Å². The van der Waals surface area contributed by atoms with Gasteiger partial charge in [-0.1, -0.05) is 11.6 Å². The van der Waals surface area contributed by atoms with E-state index in [1.165, 1.54) is 12.1 Å². The molecule has 2 N–H and O–H groups in total. The summed E-state index contributed by atoms with van der Waals surface area (Å²) < 4.78 is 39.2. The molecule has 0 aromatic heterocycles. The Morgan fingerprint density at radius 3 is 2.25 bits per heavy atom. The van der Waals surface area contributed by atoms with E-state index in [0.717, 1.165) is 0 Å². The third-order valence-corrected chi connectivity index (χ3v) is 3.61. The fourth-order valence-corrected chi connectivity index (χ4v) is 2.34. The molecule has 1 heterocycles. The number of carbonyl (C=O) groups is 1. The Hall–Kier alpha value is -1.11. The zero-order valence-corrected chi connectivity index (χ0v) is 11.3. The molecule has 0 spiro atoms. The molecule has 0 bridgehead atoms. The first-order valence-electron chi connectivity index (χ1n) is 6.20. The fourth-order valence-electron chi connectivity index (χ4n) is 2.21. The van der Waals surface area contributed by atoms with Crippen molar-refractivity contribution in [1.29, 1.82) is 0 Å². The average Bonchev–Trinajstić information content (AvgIpc) is 2.86. The number of benzene rings is 1. The Balaban J connectivity index is 2.03. The smallest absolute Gasteiger partial charge is 0.294 e. The molecular formula is C13H14ClF3N2O. The molecule has 0 saturated carbocycles. The fraction of sp³-hybridized carbons (Fsp3) is 0.462. The summed E-state index contributed by atoms with van der Waals surface area (Å²) in [5, 5.41) is 5.31. The van der Waals surface area contributed by atoms with E-state index in [1.54, 1.807) is 12.1 Å². The summed E-state index contributed by atoms with van der Waals surface area (Å²) >= 11 is 5.70. The minimum Gasteiger partial charge on any atom is -0.294 e. The van der Waals surface area contributed by atoms with Crippen LogP contribution in [0.5, 0.6) is 0 Å². The van der Waals surface area contributed by atoms with Gasteiger partial charge in [0.05, 0.1) is 0 Å². The summed E-state index contributed by atoms with van der Waals surface area (Å²) in [6.07, 6.45) is -4.97. The number of rotatable bonds is 4. The summed E-state index contributed by atoms with van der Waals surface area (Å²) in [5.74, 6) is -0.333. The molecule has 0 unspecified atom stereocenters. The summed E-state index contributed by atoms with van der Waals surface area (Å²) in [6, 6.07) is 6.11. The van der Waals surface area contributed by atoms with Crippen LogP contribution in [0.1, 0.15) is 23.2 Å². The van der Waals surface area contributed by atoms with Crippen LogP contribution in [-0.2, 0) is 0 Å². The molecule has 1 aromatic rings. The predicted molar refractivity (Wildman–Crippen MR) is 69.8 cm³/mol. The second-order valence-corrected chi connectivity index (χ2v) is 5.12. The van der Waals surface area contributed by atoms with Gasteiger partial charge in [-0.05, 0) is 30.7 Å². The Bertz CT molecular complexity index is 481. The zero-order chi connectivity index (χ0) is 14.8. The van der Waals surface area contributed by atoms with Gasteiger partial charge in [-0.2, -0.15) is 13.2 Å². The third-order valence-electron chi connectivity index (χ3n) is 3.36. The van der Waals surface area contributed by atoms with Gasteiger partial charge in [0.1, 0.15) is 0 Å². The molecular weight excluding hydrogens is 293 g/mol. The van der Waals surface area contributed by atoms with Crippen molar-refractivity contribution in [2.45, 2.75) is 24.7 Å². The average molecular weight is 307 g/mol. The lowest BCUT2D eigenvalue weighted by Gasteiger charge is -2.32. The Kier molecular flexibility index (Phi) is 4.36. The van der Waals surface area contributed by atoms with Gasteiger partial charge < -0.3 is 0 Å². The molecule has 7 heteroatoms. The van der Waals surface area contributed by atoms with E-state index in [2.05, 4.69) is 10.6 Å². The van der Waals surface area contributed by atoms with Crippen LogP contribution in [0.4, 0.5) is 13.2 Å². The molecule has 2 rings (SSSR count). The number of Topliss-reactive ketones (excluding diaryl/α,β-unsaturated/α-hetero) is 1. The van der Waals surface area contributed by atoms with Crippen LogP contribution in [0.3, 0.4) is 0 Å². The lowest BCUT2D eigenvalue weighted by molar-refractivity contribution is -0.200. The molecule has 1 aromatic carbocycles. The lowest BCUT2D eigenvalue weighted by Crippen LogP contribution is -2.60. The highest BCUT2D eigenvalue weighted by molar-refractivity contribution is 6.30. The van der Waals surface area contributed by atoms with Crippen molar-refractivity contribution in [2.75, 3.05) is 13.1 Å². The highest BCUT2D eigenvalue weighted by Crippen LogP contribution is 2.33. The van der Waals surface area contributed by atoms with Crippen LogP contribution in [0.2, 0.25) is 5.02 Å². The first kappa shape index (κ1) is 15.3. The molecule has 0 aliphatic carbocycles. The van der Waals surface area contributed by atoms with E-state index < -0.39 is 11.8 Å². The summed E-state index contributed by atoms with van der Waals surface area (Å²) in [7, 11) is 0. The van der Waals surface area contributed by atoms with E-state index in [-0.39, 0.29) is 31.7 Å². The van der Waals surface area contributed by atoms with Gasteiger partial charge in [-0.3, -0.25) is 15.4 Å². The van der Waals surface area contributed by atoms with Crippen LogP contribution in [-0.4, -0.2) is 30.7 Å². The molecule has 1 aliphatic rings. The van der Waals surface area contributed by atoms with E-state index in [1.807, 2.05) is 0 Å². The Labute approximate surface area is 119 Å². The molecule has 1 saturated heterocycles. The standard InChI is InChI=1S/C13H14ClF3N2O/c14-10-3-1-9(2-4-10)11(20)5-6-12(13(15,16)17)18-7-8-19-12/h1-4,18-19H,5-8H2. The van der Waals surface area contributed by atoms with Gasteiger partial charge in [-0.15, -0.1) is 0 Å². The molecule has 20 heavy (non-hydrogen) atoms. The molecule has 0 atom stereocenters. The quantitative estimate of drug-likeness (QED) is 0.841. The first-order valence-corrected chi connectivity index (χ1v) is 6.57. The molecule has 1 fully saturated rings. The van der Waals surface area contributed by atoms with Gasteiger partial charge in [-0.25, -0.2) is 0 Å². The first-order chi connectivity index (χ1) is 9.34. The summed E-state index contributed by atoms with van der Waals surface area (Å²) in [5.41, 5.74) is -1.79. The lowest BCUT2D eigenvalue weighted by atomic mass is 9.99. The monoisotopic (exact) mass is 306 g/mol. The van der Waals surface area contributed by atoms with Gasteiger partial charge in [0.15, 0.2) is 11.4 Å². The normalized spacial score (nSPS) is 18.2. The van der Waals surface area contributed by atoms with Crippen molar-refractivity contribution < 1.29 is 18.0 Å². The van der Waals surface area contributed by atoms with Crippen molar-refractivity contribution in [1.82, 2.24) is 10.6 Å². The number of carbonyl (C=O) groups excluding carboxylic acids is 1. The third kappa shape index (κ3) is 3.13. The maximum absolute atomic E-state index is 13.1. The maximum atomic E-state index is 13.1. The van der Waals surface area contributed by atoms with Crippen LogP contribution in [0.15, 0.2) is 24.3 Å². The van der Waals surface area contributed by atoms with Crippen molar-refractivity contribution in [3.63, 3.8) is 0 Å². The van der Waals surface area contributed by atoms with E-state index in [0.29, 0.717) is 10.6 Å². The number of halogens is 4. The second kappa shape index (κ2) is 5.71. The van der Waals surface area contributed by atoms with Crippen LogP contribution in [0, 0.1) is 0 Å². The zero-order valence-electron chi connectivity index (χ0n) is 10.6. The van der Waals surface area contributed by atoms with Gasteiger partial charge in [0, 0.05) is 30.1 Å². The number of ketones is 1. The topological polar surface area (TPSA) is 41.1 Å². The molecule has 3 nitrogen and oxygen atoms in total. The van der Waals surface area contributed by atoms with Crippen molar-refractivity contribution >= 4 is 17.4 Å². The molecule has 0 radical (unpaired) electrons. The number of alkyl halides is 3. The number of hydrogen-bond donors (Lipinski definition) is 2. The van der Waals surface area contributed by atoms with Crippen molar-refractivity contribution in [3.8, 4) is 0 Å². The molecule has 1 aliphatic heterocycles. The van der Waals surface area contributed by atoms with E-state index >= 15 is 0 Å². The van der Waals surface area contributed by atoms with E-state index in [4.69, 9.17) is 11.6 Å². The minimum atomic E-state index is -4.44. The minimum absolute atomic E-state index is 0.193. The largest absolute Gasteiger partial charge is 0.419 e. The summed E-state index contributed by atoms with van der Waals surface area (Å²) in [6.45, 7) is 0.462. The molecule has 110 valence electrons. The predicted octanol–water partition coefficient (Wildman–Crippen LogP) is 2.75. The van der Waals surface area contributed by atoms with Crippen molar-refractivity contribution in [2.24, 2.45) is 0 Å².